The SMILES string of the molecule is COc1ccccc1OC(=O)CCC(=O)OCC(F)(F)C(F)F. The summed E-state index contributed by atoms with van der Waals surface area (Å²) in [5.41, 5.74) is 0. The lowest BCUT2D eigenvalue weighted by Gasteiger charge is -2.14. The van der Waals surface area contributed by atoms with E-state index in [4.69, 9.17) is 9.47 Å². The van der Waals surface area contributed by atoms with Crippen molar-refractivity contribution in [3.63, 3.8) is 0 Å². The minimum Gasteiger partial charge on any atom is -0.493 e. The highest BCUT2D eigenvalue weighted by Crippen LogP contribution is 2.26. The number of halogens is 4. The van der Waals surface area contributed by atoms with Crippen LogP contribution in [0, 0.1) is 0 Å². The highest BCUT2D eigenvalue weighted by molar-refractivity contribution is 5.79. The number of ether oxygens (including phenoxy) is 3. The lowest BCUT2D eigenvalue weighted by atomic mass is 10.3. The summed E-state index contributed by atoms with van der Waals surface area (Å²) < 4.78 is 62.7. The minimum atomic E-state index is -4.42. The van der Waals surface area contributed by atoms with Gasteiger partial charge in [0, 0.05) is 0 Å². The largest absolute Gasteiger partial charge is 0.493 e. The van der Waals surface area contributed by atoms with Crippen LogP contribution >= 0.6 is 0 Å². The lowest BCUT2D eigenvalue weighted by molar-refractivity contribution is -0.180. The zero-order chi connectivity index (χ0) is 17.5. The number of hydrogen-bond donors (Lipinski definition) is 0. The van der Waals surface area contributed by atoms with Crippen LogP contribution in [0.2, 0.25) is 0 Å². The number of carbonyl (C=O) groups is 2. The molecule has 0 fully saturated rings. The summed E-state index contributed by atoms with van der Waals surface area (Å²) in [4.78, 5) is 22.7. The normalized spacial score (nSPS) is 11.2. The average molecular weight is 338 g/mol. The van der Waals surface area contributed by atoms with Crippen LogP contribution in [0.25, 0.3) is 0 Å². The highest BCUT2D eigenvalue weighted by Gasteiger charge is 2.42. The van der Waals surface area contributed by atoms with Gasteiger partial charge in [-0.3, -0.25) is 9.59 Å². The molecule has 1 aromatic rings. The van der Waals surface area contributed by atoms with Gasteiger partial charge in [0.2, 0.25) is 0 Å². The first kappa shape index (κ1) is 18.7. The topological polar surface area (TPSA) is 61.8 Å². The highest BCUT2D eigenvalue weighted by atomic mass is 19.3. The lowest BCUT2D eigenvalue weighted by Crippen LogP contribution is -2.33. The molecule has 9 heteroatoms. The molecule has 0 aliphatic heterocycles. The first-order valence-corrected chi connectivity index (χ1v) is 6.41. The number of benzene rings is 1. The third-order valence-electron chi connectivity index (χ3n) is 2.57. The molecule has 0 amide bonds. The maximum atomic E-state index is 12.5. The second kappa shape index (κ2) is 8.35. The van der Waals surface area contributed by atoms with Gasteiger partial charge in [0.05, 0.1) is 20.0 Å². The predicted octanol–water partition coefficient (Wildman–Crippen LogP) is 2.82. The summed E-state index contributed by atoms with van der Waals surface area (Å²) >= 11 is 0. The number of methoxy groups -OCH3 is 1. The van der Waals surface area contributed by atoms with Crippen LogP contribution in [0.4, 0.5) is 17.6 Å². The Bertz CT molecular complexity index is 548. The molecule has 1 aromatic carbocycles. The van der Waals surface area contributed by atoms with Crippen molar-refractivity contribution >= 4 is 11.9 Å². The molecule has 0 radical (unpaired) electrons. The van der Waals surface area contributed by atoms with Crippen molar-refractivity contribution in [1.82, 2.24) is 0 Å². The van der Waals surface area contributed by atoms with Crippen molar-refractivity contribution in [2.45, 2.75) is 25.2 Å². The van der Waals surface area contributed by atoms with Gasteiger partial charge in [-0.25, -0.2) is 8.78 Å². The molecule has 5 nitrogen and oxygen atoms in total. The van der Waals surface area contributed by atoms with Crippen LogP contribution < -0.4 is 9.47 Å². The molecular weight excluding hydrogens is 324 g/mol. The smallest absolute Gasteiger partial charge is 0.340 e. The fourth-order valence-corrected chi connectivity index (χ4v) is 1.39. The first-order valence-electron chi connectivity index (χ1n) is 6.41. The van der Waals surface area contributed by atoms with Crippen molar-refractivity contribution in [3.05, 3.63) is 24.3 Å². The fourth-order valence-electron chi connectivity index (χ4n) is 1.39. The van der Waals surface area contributed by atoms with Crippen LogP contribution in [-0.2, 0) is 14.3 Å². The number of hydrogen-bond acceptors (Lipinski definition) is 5. The van der Waals surface area contributed by atoms with Gasteiger partial charge in [-0.2, -0.15) is 8.78 Å². The van der Waals surface area contributed by atoms with E-state index in [9.17, 15) is 27.2 Å². The molecule has 0 bridgehead atoms. The summed E-state index contributed by atoms with van der Waals surface area (Å²) in [7, 11) is 1.37. The van der Waals surface area contributed by atoms with Gasteiger partial charge >= 0.3 is 24.3 Å². The van der Waals surface area contributed by atoms with Crippen LogP contribution in [0.1, 0.15) is 12.8 Å². The zero-order valence-electron chi connectivity index (χ0n) is 12.1. The van der Waals surface area contributed by atoms with Crippen molar-refractivity contribution in [2.24, 2.45) is 0 Å². The summed E-state index contributed by atoms with van der Waals surface area (Å²) in [6.45, 7) is -1.74. The van der Waals surface area contributed by atoms with Crippen molar-refractivity contribution in [2.75, 3.05) is 13.7 Å². The zero-order valence-corrected chi connectivity index (χ0v) is 12.1. The van der Waals surface area contributed by atoms with E-state index in [2.05, 4.69) is 4.74 Å². The van der Waals surface area contributed by atoms with Crippen LogP contribution in [-0.4, -0.2) is 38.0 Å². The Balaban J connectivity index is 2.40. The van der Waals surface area contributed by atoms with Gasteiger partial charge in [0.25, 0.3) is 0 Å². The average Bonchev–Trinajstić information content (AvgIpc) is 2.51. The van der Waals surface area contributed by atoms with Gasteiger partial charge < -0.3 is 14.2 Å². The van der Waals surface area contributed by atoms with E-state index >= 15 is 0 Å². The molecule has 0 spiro atoms. The number of alkyl halides is 4. The Morgan fingerprint density at radius 3 is 2.22 bits per heavy atom. The minimum absolute atomic E-state index is 0.123. The summed E-state index contributed by atoms with van der Waals surface area (Å²) in [6.07, 6.45) is -4.98. The standard InChI is InChI=1S/C14H14F4O5/c1-21-9-4-2-3-5-10(9)23-12(20)7-6-11(19)22-8-14(17,18)13(15)16/h2-5,13H,6-8H2,1H3. The third kappa shape index (κ3) is 6.13. The summed E-state index contributed by atoms with van der Waals surface area (Å²) in [5, 5.41) is 0. The Morgan fingerprint density at radius 1 is 1.09 bits per heavy atom. The Kier molecular flexibility index (Phi) is 6.80. The van der Waals surface area contributed by atoms with Crippen LogP contribution in [0.3, 0.4) is 0 Å². The van der Waals surface area contributed by atoms with E-state index in [-0.39, 0.29) is 5.75 Å². The van der Waals surface area contributed by atoms with E-state index in [1.54, 1.807) is 18.2 Å². The Morgan fingerprint density at radius 2 is 1.65 bits per heavy atom. The maximum Gasteiger partial charge on any atom is 0.340 e. The van der Waals surface area contributed by atoms with Crippen LogP contribution in [0.5, 0.6) is 11.5 Å². The summed E-state index contributed by atoms with van der Waals surface area (Å²) in [5.74, 6) is -6.04. The molecule has 0 aliphatic carbocycles. The molecule has 0 aliphatic rings. The van der Waals surface area contributed by atoms with E-state index in [1.807, 2.05) is 0 Å². The molecule has 1 rings (SSSR count). The molecule has 0 atom stereocenters. The van der Waals surface area contributed by atoms with E-state index in [1.165, 1.54) is 13.2 Å². The third-order valence-corrected chi connectivity index (χ3v) is 2.57. The monoisotopic (exact) mass is 338 g/mol. The second-order valence-electron chi connectivity index (χ2n) is 4.35. The molecule has 0 unspecified atom stereocenters. The molecule has 0 saturated carbocycles. The van der Waals surface area contributed by atoms with Crippen molar-refractivity contribution in [3.8, 4) is 11.5 Å². The molecule has 0 saturated heterocycles. The second-order valence-corrected chi connectivity index (χ2v) is 4.35. The number of rotatable bonds is 8. The summed E-state index contributed by atoms with van der Waals surface area (Å²) in [6, 6.07) is 6.24. The van der Waals surface area contributed by atoms with Gasteiger partial charge in [-0.1, -0.05) is 12.1 Å². The first-order chi connectivity index (χ1) is 10.8. The van der Waals surface area contributed by atoms with Gasteiger partial charge in [0.1, 0.15) is 0 Å². The van der Waals surface area contributed by atoms with Gasteiger partial charge in [-0.15, -0.1) is 0 Å². The molecule has 128 valence electrons. The van der Waals surface area contributed by atoms with E-state index in [0.717, 1.165) is 0 Å². The predicted molar refractivity (Wildman–Crippen MR) is 69.8 cm³/mol. The van der Waals surface area contributed by atoms with Gasteiger partial charge in [0.15, 0.2) is 18.1 Å². The van der Waals surface area contributed by atoms with Crippen LogP contribution in [0.15, 0.2) is 24.3 Å². The van der Waals surface area contributed by atoms with Crippen molar-refractivity contribution < 1.29 is 41.4 Å². The fraction of sp³-hybridized carbons (Fsp3) is 0.429. The van der Waals surface area contributed by atoms with Crippen molar-refractivity contribution in [1.29, 1.82) is 0 Å². The maximum absolute atomic E-state index is 12.5. The number of para-hydroxylation sites is 2. The number of esters is 2. The molecular formula is C14H14F4O5. The molecule has 23 heavy (non-hydrogen) atoms. The quantitative estimate of drug-likeness (QED) is 0.414. The Hall–Kier alpha value is -2.32. The Labute approximate surface area is 129 Å². The number of carbonyl (C=O) groups excluding carboxylic acids is 2. The molecule has 0 heterocycles. The molecule has 0 aromatic heterocycles. The molecule has 0 N–H and O–H groups in total. The van der Waals surface area contributed by atoms with E-state index in [0.29, 0.717) is 5.75 Å². The van der Waals surface area contributed by atoms with E-state index < -0.39 is 43.7 Å². The van der Waals surface area contributed by atoms with Gasteiger partial charge in [-0.05, 0) is 12.1 Å².